The Kier molecular flexibility index (Phi) is 7.16. The van der Waals surface area contributed by atoms with Gasteiger partial charge in [-0.25, -0.2) is 4.79 Å². The Morgan fingerprint density at radius 2 is 2.00 bits per heavy atom. The lowest BCUT2D eigenvalue weighted by Gasteiger charge is -2.17. The van der Waals surface area contributed by atoms with E-state index < -0.39 is 12.0 Å². The van der Waals surface area contributed by atoms with Crippen LogP contribution in [0.2, 0.25) is 0 Å². The first-order valence-electron chi connectivity index (χ1n) is 5.50. The van der Waals surface area contributed by atoms with E-state index in [2.05, 4.69) is 5.32 Å². The second kappa shape index (κ2) is 7.84. The fourth-order valence-corrected chi connectivity index (χ4v) is 1.29. The summed E-state index contributed by atoms with van der Waals surface area (Å²) in [6, 6.07) is -0.810. The number of hydrogen-bond acceptors (Lipinski definition) is 3. The zero-order valence-electron chi connectivity index (χ0n) is 9.82. The molecule has 0 aromatic rings. The average Bonchev–Trinajstić information content (AvgIpc) is 2.20. The van der Waals surface area contributed by atoms with Gasteiger partial charge in [-0.2, -0.15) is 0 Å². The Labute approximate surface area is 95.7 Å². The molecule has 0 radical (unpaired) electrons. The number of rotatable bonds is 8. The van der Waals surface area contributed by atoms with Crippen molar-refractivity contribution in [3.63, 3.8) is 0 Å². The van der Waals surface area contributed by atoms with Gasteiger partial charge in [0.2, 0.25) is 5.91 Å². The molecule has 0 saturated carbocycles. The van der Waals surface area contributed by atoms with Gasteiger partial charge in [0.1, 0.15) is 6.04 Å². The summed E-state index contributed by atoms with van der Waals surface area (Å²) in [5.74, 6) is -1.35. The van der Waals surface area contributed by atoms with Crippen LogP contribution in [-0.4, -0.2) is 29.2 Å². The highest BCUT2D eigenvalue weighted by molar-refractivity contribution is 5.83. The fourth-order valence-electron chi connectivity index (χ4n) is 1.29. The molecule has 0 spiro atoms. The van der Waals surface area contributed by atoms with Crippen molar-refractivity contribution in [1.82, 2.24) is 5.32 Å². The summed E-state index contributed by atoms with van der Waals surface area (Å²) < 4.78 is 0. The van der Waals surface area contributed by atoms with Crippen molar-refractivity contribution in [3.05, 3.63) is 0 Å². The van der Waals surface area contributed by atoms with Gasteiger partial charge in [0.25, 0.3) is 0 Å². The average molecular weight is 228 g/mol. The van der Waals surface area contributed by atoms with E-state index in [-0.39, 0.29) is 11.8 Å². The molecule has 0 rings (SSSR count). The third kappa shape index (κ3) is 6.16. The van der Waals surface area contributed by atoms with Crippen LogP contribution in [0, 0.1) is 11.3 Å². The molecule has 0 aliphatic rings. The molecular weight excluding hydrogens is 208 g/mol. The monoisotopic (exact) mass is 228 g/mol. The first-order chi connectivity index (χ1) is 7.49. The molecule has 5 heteroatoms. The van der Waals surface area contributed by atoms with Crippen LogP contribution in [0.1, 0.15) is 39.5 Å². The molecule has 92 valence electrons. The zero-order chi connectivity index (χ0) is 12.6. The van der Waals surface area contributed by atoms with E-state index in [9.17, 15) is 9.59 Å². The third-order valence-corrected chi connectivity index (χ3v) is 2.25. The quantitative estimate of drug-likeness (QED) is 0.433. The van der Waals surface area contributed by atoms with E-state index in [0.717, 1.165) is 6.42 Å². The summed E-state index contributed by atoms with van der Waals surface area (Å²) in [6.45, 7) is 3.52. The number of carboxylic acids is 1. The Balaban J connectivity index is 3.91. The number of unbranched alkanes of at least 4 members (excludes halogenated alkanes) is 2. The minimum absolute atomic E-state index is 0.122. The van der Waals surface area contributed by atoms with Gasteiger partial charge in [-0.3, -0.25) is 4.79 Å². The molecule has 3 N–H and O–H groups in total. The van der Waals surface area contributed by atoms with E-state index in [1.165, 1.54) is 6.21 Å². The SMILES string of the molecule is CC(C)[C@H](NC(=O)CCCCC=N)C(=O)O. The Morgan fingerprint density at radius 1 is 1.38 bits per heavy atom. The van der Waals surface area contributed by atoms with Crippen LogP contribution < -0.4 is 5.32 Å². The number of carbonyl (C=O) groups excluding carboxylic acids is 1. The molecule has 0 aliphatic carbocycles. The molecule has 0 bridgehead atoms. The summed E-state index contributed by atoms with van der Waals surface area (Å²) in [5.41, 5.74) is 0. The number of amides is 1. The van der Waals surface area contributed by atoms with Crippen molar-refractivity contribution >= 4 is 18.1 Å². The molecule has 0 aromatic heterocycles. The first kappa shape index (κ1) is 14.6. The standard InChI is InChI=1S/C11H20N2O3/c1-8(2)10(11(15)16)13-9(14)6-4-3-5-7-12/h7-8,10,12H,3-6H2,1-2H3,(H,13,14)(H,15,16)/t10-/m0/s1. The highest BCUT2D eigenvalue weighted by atomic mass is 16.4. The number of carbonyl (C=O) groups is 2. The van der Waals surface area contributed by atoms with Crippen molar-refractivity contribution in [2.24, 2.45) is 5.92 Å². The van der Waals surface area contributed by atoms with Crippen LogP contribution in [-0.2, 0) is 9.59 Å². The highest BCUT2D eigenvalue weighted by Gasteiger charge is 2.22. The predicted octanol–water partition coefficient (Wildman–Crippen LogP) is 1.42. The summed E-state index contributed by atoms with van der Waals surface area (Å²) in [5, 5.41) is 18.2. The van der Waals surface area contributed by atoms with E-state index in [1.807, 2.05) is 0 Å². The van der Waals surface area contributed by atoms with Crippen LogP contribution in [0.5, 0.6) is 0 Å². The molecule has 0 aromatic carbocycles. The topological polar surface area (TPSA) is 90.3 Å². The normalized spacial score (nSPS) is 12.2. The maximum absolute atomic E-state index is 11.4. The van der Waals surface area contributed by atoms with Crippen molar-refractivity contribution in [2.45, 2.75) is 45.6 Å². The molecule has 0 unspecified atom stereocenters. The second-order valence-corrected chi connectivity index (χ2v) is 4.08. The van der Waals surface area contributed by atoms with Gasteiger partial charge in [-0.15, -0.1) is 0 Å². The summed E-state index contributed by atoms with van der Waals surface area (Å²) in [7, 11) is 0. The van der Waals surface area contributed by atoms with E-state index in [4.69, 9.17) is 10.5 Å². The van der Waals surface area contributed by atoms with Gasteiger partial charge >= 0.3 is 5.97 Å². The van der Waals surface area contributed by atoms with Crippen LogP contribution in [0.4, 0.5) is 0 Å². The number of carboxylic acid groups (broad SMARTS) is 1. The fraction of sp³-hybridized carbons (Fsp3) is 0.727. The van der Waals surface area contributed by atoms with Crippen LogP contribution in [0.3, 0.4) is 0 Å². The van der Waals surface area contributed by atoms with Gasteiger partial charge in [0, 0.05) is 6.42 Å². The minimum atomic E-state index is -0.997. The van der Waals surface area contributed by atoms with Gasteiger partial charge in [-0.1, -0.05) is 13.8 Å². The Morgan fingerprint density at radius 3 is 2.44 bits per heavy atom. The van der Waals surface area contributed by atoms with Gasteiger partial charge in [0.05, 0.1) is 0 Å². The largest absolute Gasteiger partial charge is 0.480 e. The van der Waals surface area contributed by atoms with Gasteiger partial charge in [-0.05, 0) is 31.4 Å². The van der Waals surface area contributed by atoms with Crippen LogP contribution in [0.25, 0.3) is 0 Å². The lowest BCUT2D eigenvalue weighted by molar-refractivity contribution is -0.143. The molecule has 0 heterocycles. The maximum atomic E-state index is 11.4. The number of hydrogen-bond donors (Lipinski definition) is 3. The van der Waals surface area contributed by atoms with Crippen LogP contribution >= 0.6 is 0 Å². The predicted molar refractivity (Wildman–Crippen MR) is 61.7 cm³/mol. The summed E-state index contributed by atoms with van der Waals surface area (Å²) in [6.07, 6.45) is 3.78. The molecule has 1 atom stereocenters. The molecular formula is C11H20N2O3. The van der Waals surface area contributed by atoms with Crippen molar-refractivity contribution < 1.29 is 14.7 Å². The van der Waals surface area contributed by atoms with Crippen molar-refractivity contribution in [1.29, 1.82) is 5.41 Å². The van der Waals surface area contributed by atoms with Gasteiger partial charge in [0.15, 0.2) is 0 Å². The van der Waals surface area contributed by atoms with E-state index in [0.29, 0.717) is 19.3 Å². The Hall–Kier alpha value is -1.39. The zero-order valence-corrected chi connectivity index (χ0v) is 9.82. The molecule has 0 fully saturated rings. The summed E-state index contributed by atoms with van der Waals surface area (Å²) >= 11 is 0. The third-order valence-electron chi connectivity index (χ3n) is 2.25. The van der Waals surface area contributed by atoms with Crippen molar-refractivity contribution in [3.8, 4) is 0 Å². The number of aliphatic carboxylic acids is 1. The van der Waals surface area contributed by atoms with E-state index >= 15 is 0 Å². The smallest absolute Gasteiger partial charge is 0.326 e. The van der Waals surface area contributed by atoms with Crippen molar-refractivity contribution in [2.75, 3.05) is 0 Å². The highest BCUT2D eigenvalue weighted by Crippen LogP contribution is 2.04. The second-order valence-electron chi connectivity index (χ2n) is 4.08. The minimum Gasteiger partial charge on any atom is -0.480 e. The lowest BCUT2D eigenvalue weighted by Crippen LogP contribution is -2.44. The number of nitrogens with one attached hydrogen (secondary N) is 2. The maximum Gasteiger partial charge on any atom is 0.326 e. The van der Waals surface area contributed by atoms with E-state index in [1.54, 1.807) is 13.8 Å². The molecule has 5 nitrogen and oxygen atoms in total. The molecule has 0 saturated heterocycles. The Bertz CT molecular complexity index is 252. The molecule has 1 amide bonds. The lowest BCUT2D eigenvalue weighted by atomic mass is 10.0. The molecule has 16 heavy (non-hydrogen) atoms. The molecule has 0 aliphatic heterocycles. The summed E-state index contributed by atoms with van der Waals surface area (Å²) in [4.78, 5) is 22.2. The van der Waals surface area contributed by atoms with Gasteiger partial charge < -0.3 is 15.8 Å². The first-order valence-corrected chi connectivity index (χ1v) is 5.50. The van der Waals surface area contributed by atoms with Crippen LogP contribution in [0.15, 0.2) is 0 Å².